The molecular weight excluding hydrogens is 337 g/mol. The first-order valence-electron chi connectivity index (χ1n) is 8.77. The lowest BCUT2D eigenvalue weighted by atomic mass is 9.81. The Hall–Kier alpha value is -1.12. The van der Waals surface area contributed by atoms with Crippen molar-refractivity contribution in [2.75, 3.05) is 12.3 Å². The zero-order valence-electron chi connectivity index (χ0n) is 15.6. The second-order valence-electron chi connectivity index (χ2n) is 7.71. The fourth-order valence-electron chi connectivity index (χ4n) is 3.10. The van der Waals surface area contributed by atoms with Gasteiger partial charge in [0.2, 0.25) is 5.91 Å². The lowest BCUT2D eigenvalue weighted by Gasteiger charge is -2.32. The van der Waals surface area contributed by atoms with Gasteiger partial charge in [-0.3, -0.25) is 4.79 Å². The third-order valence-electron chi connectivity index (χ3n) is 5.36. The number of thioether (sulfide) groups is 1. The summed E-state index contributed by atoms with van der Waals surface area (Å²) < 4.78 is 12.0. The lowest BCUT2D eigenvalue weighted by molar-refractivity contribution is -0.129. The molecule has 2 aliphatic rings. The molecule has 6 nitrogen and oxygen atoms in total. The van der Waals surface area contributed by atoms with E-state index in [4.69, 9.17) is 9.31 Å². The topological polar surface area (TPSA) is 64.6 Å². The summed E-state index contributed by atoms with van der Waals surface area (Å²) in [7, 11) is -0.438. The van der Waals surface area contributed by atoms with Crippen molar-refractivity contribution in [3.8, 4) is 0 Å². The van der Waals surface area contributed by atoms with Gasteiger partial charge in [-0.1, -0.05) is 11.8 Å². The van der Waals surface area contributed by atoms with Gasteiger partial charge in [-0.05, 0) is 40.5 Å². The molecule has 0 bridgehead atoms. The molecule has 1 aromatic rings. The molecule has 0 radical (unpaired) electrons. The number of amides is 1. The van der Waals surface area contributed by atoms with E-state index in [1.165, 1.54) is 0 Å². The van der Waals surface area contributed by atoms with Crippen LogP contribution in [0.25, 0.3) is 0 Å². The summed E-state index contributed by atoms with van der Waals surface area (Å²) in [6, 6.07) is 0.286. The monoisotopic (exact) mass is 363 g/mol. The highest BCUT2D eigenvalue weighted by Gasteiger charge is 2.51. The van der Waals surface area contributed by atoms with E-state index >= 15 is 0 Å². The van der Waals surface area contributed by atoms with Crippen molar-refractivity contribution in [2.45, 2.75) is 69.9 Å². The van der Waals surface area contributed by atoms with Crippen LogP contribution < -0.4 is 5.46 Å². The smallest absolute Gasteiger partial charge is 0.399 e. The lowest BCUT2D eigenvalue weighted by Crippen LogP contribution is -2.41. The first kappa shape index (κ1) is 18.7. The molecule has 0 spiro atoms. The molecule has 0 N–H and O–H groups in total. The number of hydrogen-bond acceptors (Lipinski definition) is 6. The maximum Gasteiger partial charge on any atom is 0.498 e. The molecule has 0 aromatic carbocycles. The third-order valence-corrected chi connectivity index (χ3v) is 6.38. The predicted molar refractivity (Wildman–Crippen MR) is 98.9 cm³/mol. The molecule has 0 aliphatic carbocycles. The fourth-order valence-corrected chi connectivity index (χ4v) is 4.04. The number of hydrogen-bond donors (Lipinski definition) is 0. The van der Waals surface area contributed by atoms with Crippen LogP contribution in [0.1, 0.15) is 47.5 Å². The highest BCUT2D eigenvalue weighted by Crippen LogP contribution is 2.36. The van der Waals surface area contributed by atoms with E-state index in [2.05, 4.69) is 9.97 Å². The maximum absolute atomic E-state index is 11.6. The fraction of sp³-hybridized carbons (Fsp3) is 0.706. The van der Waals surface area contributed by atoms with Crippen molar-refractivity contribution < 1.29 is 14.1 Å². The minimum atomic E-state index is -0.438. The van der Waals surface area contributed by atoms with Gasteiger partial charge in [0, 0.05) is 43.1 Å². The highest BCUT2D eigenvalue weighted by atomic mass is 32.2. The second-order valence-corrected chi connectivity index (χ2v) is 8.69. The number of likely N-dealkylation sites (tertiary alicyclic amines) is 1. The summed E-state index contributed by atoms with van der Waals surface area (Å²) in [6.07, 6.45) is 5.68. The molecule has 8 heteroatoms. The Bertz CT molecular complexity index is 623. The van der Waals surface area contributed by atoms with Crippen LogP contribution in [0.4, 0.5) is 0 Å². The molecule has 1 aromatic heterocycles. The molecule has 2 aliphatic heterocycles. The normalized spacial score (nSPS) is 24.8. The Morgan fingerprint density at radius 2 is 1.88 bits per heavy atom. The van der Waals surface area contributed by atoms with Gasteiger partial charge in [0.1, 0.15) is 0 Å². The average molecular weight is 363 g/mol. The quantitative estimate of drug-likeness (QED) is 0.462. The first-order chi connectivity index (χ1) is 11.7. The van der Waals surface area contributed by atoms with Crippen LogP contribution in [0.3, 0.4) is 0 Å². The number of carbonyl (C=O) groups is 1. The SMILES string of the molecule is CC(=O)N1CCC[C@H]1CSc1ncc(B2OC(C)(C)C(C)(C)O2)cn1. The van der Waals surface area contributed by atoms with Crippen LogP contribution in [0.5, 0.6) is 0 Å². The first-order valence-corrected chi connectivity index (χ1v) is 9.76. The molecule has 2 fully saturated rings. The Morgan fingerprint density at radius 1 is 1.28 bits per heavy atom. The van der Waals surface area contributed by atoms with Crippen molar-refractivity contribution in [3.63, 3.8) is 0 Å². The summed E-state index contributed by atoms with van der Waals surface area (Å²) in [5.41, 5.74) is 0.0854. The summed E-state index contributed by atoms with van der Waals surface area (Å²) >= 11 is 1.59. The van der Waals surface area contributed by atoms with Gasteiger partial charge < -0.3 is 14.2 Å². The van der Waals surface area contributed by atoms with Gasteiger partial charge in [-0.25, -0.2) is 9.97 Å². The number of aromatic nitrogens is 2. The number of nitrogens with zero attached hydrogens (tertiary/aromatic N) is 3. The number of carbonyl (C=O) groups excluding carboxylic acids is 1. The zero-order valence-corrected chi connectivity index (χ0v) is 16.4. The van der Waals surface area contributed by atoms with E-state index in [1.807, 2.05) is 32.6 Å². The summed E-state index contributed by atoms with van der Waals surface area (Å²) in [6.45, 7) is 10.6. The van der Waals surface area contributed by atoms with Crippen molar-refractivity contribution in [1.82, 2.24) is 14.9 Å². The molecule has 136 valence electrons. The van der Waals surface area contributed by atoms with Crippen LogP contribution in [0, 0.1) is 0 Å². The number of rotatable bonds is 4. The minimum absolute atomic E-state index is 0.153. The molecule has 1 amide bonds. The predicted octanol–water partition coefficient (Wildman–Crippen LogP) is 1.88. The second kappa shape index (κ2) is 6.89. The molecule has 2 saturated heterocycles. The van der Waals surface area contributed by atoms with Crippen molar-refractivity contribution in [1.29, 1.82) is 0 Å². The molecule has 0 unspecified atom stereocenters. The van der Waals surface area contributed by atoms with Crippen molar-refractivity contribution in [3.05, 3.63) is 12.4 Å². The molecule has 1 atom stereocenters. The Kier molecular flexibility index (Phi) is 5.15. The van der Waals surface area contributed by atoms with E-state index < -0.39 is 7.12 Å². The molecular formula is C17H26BN3O3S. The molecule has 3 heterocycles. The largest absolute Gasteiger partial charge is 0.498 e. The molecule has 0 saturated carbocycles. The van der Waals surface area contributed by atoms with Gasteiger partial charge in [-0.2, -0.15) is 0 Å². The molecule has 3 rings (SSSR count). The van der Waals surface area contributed by atoms with Crippen LogP contribution in [-0.4, -0.2) is 57.4 Å². The van der Waals surface area contributed by atoms with Crippen LogP contribution in [0.15, 0.2) is 17.6 Å². The summed E-state index contributed by atoms with van der Waals surface area (Å²) in [4.78, 5) is 22.4. The van der Waals surface area contributed by atoms with Gasteiger partial charge in [0.15, 0.2) is 5.16 Å². The maximum atomic E-state index is 11.6. The Labute approximate surface area is 154 Å². The van der Waals surface area contributed by atoms with Crippen LogP contribution in [0.2, 0.25) is 0 Å². The molecule has 25 heavy (non-hydrogen) atoms. The van der Waals surface area contributed by atoms with E-state index in [9.17, 15) is 4.79 Å². The van der Waals surface area contributed by atoms with Gasteiger partial charge >= 0.3 is 7.12 Å². The van der Waals surface area contributed by atoms with Crippen LogP contribution in [-0.2, 0) is 14.1 Å². The highest BCUT2D eigenvalue weighted by molar-refractivity contribution is 7.99. The van der Waals surface area contributed by atoms with E-state index in [1.54, 1.807) is 31.1 Å². The van der Waals surface area contributed by atoms with E-state index in [0.29, 0.717) is 0 Å². The standard InChI is InChI=1S/C17H26BN3O3S/c1-12(22)21-8-6-7-14(21)11-25-15-19-9-13(10-20-15)18-23-16(2,3)17(4,5)24-18/h9-10,14H,6-8,11H2,1-5H3/t14-/m0/s1. The third kappa shape index (κ3) is 3.86. The Morgan fingerprint density at radius 3 is 2.44 bits per heavy atom. The average Bonchev–Trinajstić information content (AvgIpc) is 3.08. The Balaban J connectivity index is 1.59. The van der Waals surface area contributed by atoms with Crippen molar-refractivity contribution >= 4 is 30.3 Å². The van der Waals surface area contributed by atoms with Gasteiger partial charge in [0.25, 0.3) is 0 Å². The van der Waals surface area contributed by atoms with Crippen LogP contribution >= 0.6 is 11.8 Å². The van der Waals surface area contributed by atoms with E-state index in [-0.39, 0.29) is 23.2 Å². The van der Waals surface area contributed by atoms with E-state index in [0.717, 1.165) is 35.8 Å². The van der Waals surface area contributed by atoms with Gasteiger partial charge in [-0.15, -0.1) is 0 Å². The summed E-state index contributed by atoms with van der Waals surface area (Å²) in [5.74, 6) is 0.982. The van der Waals surface area contributed by atoms with Gasteiger partial charge in [0.05, 0.1) is 11.2 Å². The van der Waals surface area contributed by atoms with Crippen molar-refractivity contribution in [2.24, 2.45) is 0 Å². The minimum Gasteiger partial charge on any atom is -0.399 e. The zero-order chi connectivity index (χ0) is 18.2. The summed E-state index contributed by atoms with van der Waals surface area (Å²) in [5, 5.41) is 0.718.